The Morgan fingerprint density at radius 1 is 1.13 bits per heavy atom. The highest BCUT2D eigenvalue weighted by Crippen LogP contribution is 2.55. The first-order valence-electron chi connectivity index (χ1n) is 11.9. The third-order valence-corrected chi connectivity index (χ3v) is 7.98. The van der Waals surface area contributed by atoms with Crippen LogP contribution in [0.15, 0.2) is 18.2 Å². The molecule has 1 aromatic heterocycles. The number of anilines is 1. The van der Waals surface area contributed by atoms with Crippen molar-refractivity contribution in [1.29, 1.82) is 0 Å². The molecule has 7 heteroatoms. The highest BCUT2D eigenvalue weighted by molar-refractivity contribution is 5.93. The molecule has 168 valence electrons. The molecule has 5 aliphatic rings. The number of Topliss-reactive ketones (excluding diaryl/α,β-unsaturated/α-hetero) is 1. The van der Waals surface area contributed by atoms with Crippen LogP contribution in [0.25, 0.3) is 0 Å². The molecule has 31 heavy (non-hydrogen) atoms. The van der Waals surface area contributed by atoms with Crippen molar-refractivity contribution >= 4 is 17.5 Å². The topological polar surface area (TPSA) is 85.8 Å². The summed E-state index contributed by atoms with van der Waals surface area (Å²) in [7, 11) is 0. The van der Waals surface area contributed by atoms with E-state index in [9.17, 15) is 14.7 Å². The van der Waals surface area contributed by atoms with E-state index in [4.69, 9.17) is 0 Å². The van der Waals surface area contributed by atoms with Crippen molar-refractivity contribution in [1.82, 2.24) is 15.2 Å². The van der Waals surface area contributed by atoms with E-state index in [0.29, 0.717) is 29.9 Å². The van der Waals surface area contributed by atoms with Gasteiger partial charge in [0.25, 0.3) is 5.91 Å². The van der Waals surface area contributed by atoms with Crippen molar-refractivity contribution in [3.8, 4) is 0 Å². The molecular formula is C24H34N4O3. The molecule has 5 fully saturated rings. The standard InChI is InChI=1S/C24H34N4O3/c1-16(29)5-6-27-7-9-28(10-8-27)21-4-2-3-20(25-21)23(30)26-22-18-11-17-12-19(22)15-24(31,13-17)14-18/h2-4,17-19,22,31H,5-15H2,1H3,(H,26,30)/t17?,18?,19?,22-,24-. The smallest absolute Gasteiger partial charge is 0.270 e. The van der Waals surface area contributed by atoms with Gasteiger partial charge in [0.05, 0.1) is 5.60 Å². The van der Waals surface area contributed by atoms with Gasteiger partial charge in [-0.3, -0.25) is 14.5 Å². The Hall–Kier alpha value is -1.99. The summed E-state index contributed by atoms with van der Waals surface area (Å²) >= 11 is 0. The van der Waals surface area contributed by atoms with Gasteiger partial charge in [-0.2, -0.15) is 0 Å². The predicted octanol–water partition coefficient (Wildman–Crippen LogP) is 1.85. The summed E-state index contributed by atoms with van der Waals surface area (Å²) in [5, 5.41) is 14.1. The Kier molecular flexibility index (Phi) is 5.51. The number of amides is 1. The second kappa shape index (κ2) is 8.17. The first-order valence-corrected chi connectivity index (χ1v) is 11.9. The lowest BCUT2D eigenvalue weighted by molar-refractivity contribution is -0.137. The number of piperazine rings is 1. The van der Waals surface area contributed by atoms with Gasteiger partial charge >= 0.3 is 0 Å². The van der Waals surface area contributed by atoms with E-state index in [1.807, 2.05) is 12.1 Å². The fraction of sp³-hybridized carbons (Fsp3) is 0.708. The van der Waals surface area contributed by atoms with E-state index in [1.54, 1.807) is 13.0 Å². The molecular weight excluding hydrogens is 392 g/mol. The van der Waals surface area contributed by atoms with Gasteiger partial charge in [0.2, 0.25) is 0 Å². The number of nitrogens with zero attached hydrogens (tertiary/aromatic N) is 3. The van der Waals surface area contributed by atoms with Crippen LogP contribution in [0.3, 0.4) is 0 Å². The fourth-order valence-electron chi connectivity index (χ4n) is 6.68. The molecule has 2 N–H and O–H groups in total. The predicted molar refractivity (Wildman–Crippen MR) is 118 cm³/mol. The number of pyridine rings is 1. The van der Waals surface area contributed by atoms with E-state index >= 15 is 0 Å². The van der Waals surface area contributed by atoms with E-state index < -0.39 is 5.60 Å². The average molecular weight is 427 g/mol. The number of carbonyl (C=O) groups is 2. The van der Waals surface area contributed by atoms with E-state index in [2.05, 4.69) is 20.1 Å². The molecule has 4 saturated carbocycles. The third-order valence-electron chi connectivity index (χ3n) is 7.98. The van der Waals surface area contributed by atoms with Gasteiger partial charge in [0.15, 0.2) is 0 Å². The van der Waals surface area contributed by atoms with Crippen LogP contribution in [0, 0.1) is 17.8 Å². The number of hydrogen-bond donors (Lipinski definition) is 2. The lowest BCUT2D eigenvalue weighted by Crippen LogP contribution is -2.61. The van der Waals surface area contributed by atoms with Gasteiger partial charge in [-0.05, 0) is 68.9 Å². The Labute approximate surface area is 184 Å². The van der Waals surface area contributed by atoms with Gasteiger partial charge in [0, 0.05) is 45.2 Å². The second-order valence-electron chi connectivity index (χ2n) is 10.4. The van der Waals surface area contributed by atoms with Gasteiger partial charge in [-0.15, -0.1) is 0 Å². The van der Waals surface area contributed by atoms with Crippen molar-refractivity contribution in [3.05, 3.63) is 23.9 Å². The molecule has 1 saturated heterocycles. The first kappa shape index (κ1) is 20.9. The van der Waals surface area contributed by atoms with Crippen molar-refractivity contribution in [2.75, 3.05) is 37.6 Å². The lowest BCUT2D eigenvalue weighted by Gasteiger charge is -2.58. The van der Waals surface area contributed by atoms with Crippen molar-refractivity contribution < 1.29 is 14.7 Å². The van der Waals surface area contributed by atoms with E-state index in [-0.39, 0.29) is 17.7 Å². The zero-order valence-corrected chi connectivity index (χ0v) is 18.4. The number of carbonyl (C=O) groups excluding carboxylic acids is 2. The van der Waals surface area contributed by atoms with Crippen molar-refractivity contribution in [3.63, 3.8) is 0 Å². The molecule has 0 radical (unpaired) electrons. The second-order valence-corrected chi connectivity index (χ2v) is 10.4. The summed E-state index contributed by atoms with van der Waals surface area (Å²) in [6, 6.07) is 5.85. The first-order chi connectivity index (χ1) is 14.9. The summed E-state index contributed by atoms with van der Waals surface area (Å²) < 4.78 is 0. The average Bonchev–Trinajstić information content (AvgIpc) is 2.74. The largest absolute Gasteiger partial charge is 0.390 e. The zero-order valence-electron chi connectivity index (χ0n) is 18.4. The van der Waals surface area contributed by atoms with Crippen LogP contribution in [0.2, 0.25) is 0 Å². The summed E-state index contributed by atoms with van der Waals surface area (Å²) in [6.45, 7) is 5.97. The molecule has 6 rings (SSSR count). The monoisotopic (exact) mass is 426 g/mol. The Morgan fingerprint density at radius 2 is 1.84 bits per heavy atom. The zero-order chi connectivity index (χ0) is 21.6. The van der Waals surface area contributed by atoms with Gasteiger partial charge in [-0.25, -0.2) is 4.98 Å². The minimum absolute atomic E-state index is 0.0913. The maximum Gasteiger partial charge on any atom is 0.270 e. The highest BCUT2D eigenvalue weighted by atomic mass is 16.3. The van der Waals surface area contributed by atoms with Gasteiger partial charge in [0.1, 0.15) is 17.3 Å². The maximum atomic E-state index is 13.1. The van der Waals surface area contributed by atoms with Crippen LogP contribution in [0.4, 0.5) is 5.82 Å². The number of hydrogen-bond acceptors (Lipinski definition) is 6. The number of aliphatic hydroxyl groups is 1. The summed E-state index contributed by atoms with van der Waals surface area (Å²) in [6.07, 6.45) is 5.47. The number of nitrogens with one attached hydrogen (secondary N) is 1. The van der Waals surface area contributed by atoms with Crippen LogP contribution in [0.1, 0.15) is 55.9 Å². The highest BCUT2D eigenvalue weighted by Gasteiger charge is 2.55. The molecule has 1 amide bonds. The molecule has 2 unspecified atom stereocenters. The maximum absolute atomic E-state index is 13.1. The Balaban J connectivity index is 1.20. The molecule has 0 spiro atoms. The van der Waals surface area contributed by atoms with Crippen LogP contribution < -0.4 is 10.2 Å². The molecule has 1 aromatic rings. The minimum atomic E-state index is -0.484. The quantitative estimate of drug-likeness (QED) is 0.722. The Bertz CT molecular complexity index is 835. The number of ketones is 1. The minimum Gasteiger partial charge on any atom is -0.390 e. The van der Waals surface area contributed by atoms with Gasteiger partial charge < -0.3 is 15.3 Å². The normalized spacial score (nSPS) is 34.7. The molecule has 4 bridgehead atoms. The fourth-order valence-corrected chi connectivity index (χ4v) is 6.68. The summed E-state index contributed by atoms with van der Waals surface area (Å²) in [5.74, 6) is 2.41. The van der Waals surface area contributed by atoms with Crippen LogP contribution in [0.5, 0.6) is 0 Å². The SMILES string of the molecule is CC(=O)CCN1CCN(c2cccc(C(=O)N[C@H]3C4CC5CC3C[C@](O)(C5)C4)n2)CC1. The van der Waals surface area contributed by atoms with Crippen LogP contribution >= 0.6 is 0 Å². The molecule has 2 heterocycles. The van der Waals surface area contributed by atoms with Crippen molar-refractivity contribution in [2.45, 2.75) is 57.1 Å². The van der Waals surface area contributed by atoms with Gasteiger partial charge in [-0.1, -0.05) is 6.07 Å². The van der Waals surface area contributed by atoms with E-state index in [0.717, 1.165) is 70.6 Å². The summed E-state index contributed by atoms with van der Waals surface area (Å²) in [4.78, 5) is 33.5. The molecule has 7 nitrogen and oxygen atoms in total. The molecule has 0 aromatic carbocycles. The summed E-state index contributed by atoms with van der Waals surface area (Å²) in [5.41, 5.74) is -0.00772. The van der Waals surface area contributed by atoms with Crippen molar-refractivity contribution in [2.24, 2.45) is 17.8 Å². The number of rotatable bonds is 6. The molecule has 4 aliphatic carbocycles. The lowest BCUT2D eigenvalue weighted by atomic mass is 9.52. The third kappa shape index (κ3) is 4.35. The number of aromatic nitrogens is 1. The molecule has 2 atom stereocenters. The van der Waals surface area contributed by atoms with Crippen LogP contribution in [-0.4, -0.2) is 71.0 Å². The molecule has 1 aliphatic heterocycles. The van der Waals surface area contributed by atoms with Crippen LogP contribution in [-0.2, 0) is 4.79 Å². The Morgan fingerprint density at radius 3 is 2.48 bits per heavy atom. The van der Waals surface area contributed by atoms with E-state index in [1.165, 1.54) is 0 Å².